The number of hydrogen-bond donors (Lipinski definition) is 0. The van der Waals surface area contributed by atoms with Crippen molar-refractivity contribution >= 4 is 11.8 Å². The number of amides is 2. The molecule has 1 aromatic rings. The molecule has 0 aliphatic carbocycles. The lowest BCUT2D eigenvalue weighted by molar-refractivity contribution is 0.0302. The molecule has 0 N–H and O–H groups in total. The van der Waals surface area contributed by atoms with E-state index in [1.54, 1.807) is 23.2 Å². The lowest BCUT2D eigenvalue weighted by atomic mass is 9.99. The molecule has 0 aromatic carbocycles. The Bertz CT molecular complexity index is 599. The summed E-state index contributed by atoms with van der Waals surface area (Å²) in [7, 11) is 0. The third kappa shape index (κ3) is 3.59. The van der Waals surface area contributed by atoms with E-state index < -0.39 is 0 Å². The molecule has 0 saturated carbocycles. The summed E-state index contributed by atoms with van der Waals surface area (Å²) in [5, 5.41) is 0. The van der Waals surface area contributed by atoms with Gasteiger partial charge in [0, 0.05) is 37.4 Å². The molecule has 130 valence electrons. The Morgan fingerprint density at radius 1 is 1.21 bits per heavy atom. The predicted molar refractivity (Wildman–Crippen MR) is 89.9 cm³/mol. The second-order valence-corrected chi connectivity index (χ2v) is 6.39. The Kier molecular flexibility index (Phi) is 5.45. The summed E-state index contributed by atoms with van der Waals surface area (Å²) in [6, 6.07) is 3.61. The first-order valence-electron chi connectivity index (χ1n) is 8.84. The summed E-state index contributed by atoms with van der Waals surface area (Å²) in [4.78, 5) is 33.3. The summed E-state index contributed by atoms with van der Waals surface area (Å²) in [5.74, 6) is -0.112. The van der Waals surface area contributed by atoms with Crippen molar-refractivity contribution in [3.8, 4) is 0 Å². The normalized spacial score (nSPS) is 21.6. The molecule has 1 unspecified atom stereocenters. The maximum atomic E-state index is 12.8. The third-order valence-electron chi connectivity index (χ3n) is 4.88. The van der Waals surface area contributed by atoms with E-state index in [9.17, 15) is 9.59 Å². The van der Waals surface area contributed by atoms with Gasteiger partial charge in [-0.2, -0.15) is 0 Å². The zero-order valence-electron chi connectivity index (χ0n) is 14.2. The fourth-order valence-corrected chi connectivity index (χ4v) is 3.47. The highest BCUT2D eigenvalue weighted by Gasteiger charge is 2.28. The van der Waals surface area contributed by atoms with Crippen LogP contribution in [0.2, 0.25) is 0 Å². The largest absolute Gasteiger partial charge is 0.378 e. The SMILES string of the molecule is CCC1CCCCN1C(=O)c1cc(C(=O)N2CCOCC2)ccn1. The molecule has 6 heteroatoms. The van der Waals surface area contributed by atoms with Crippen molar-refractivity contribution in [1.82, 2.24) is 14.8 Å². The van der Waals surface area contributed by atoms with Gasteiger partial charge in [-0.3, -0.25) is 14.6 Å². The Morgan fingerprint density at radius 2 is 2.00 bits per heavy atom. The standard InChI is InChI=1S/C18H25N3O3/c1-2-15-5-3-4-8-21(15)18(23)16-13-14(6-7-19-16)17(22)20-9-11-24-12-10-20/h6-7,13,15H,2-5,8-12H2,1H3. The van der Waals surface area contributed by atoms with Crippen LogP contribution in [0.1, 0.15) is 53.5 Å². The number of hydrogen-bond acceptors (Lipinski definition) is 4. The number of carbonyl (C=O) groups is 2. The Morgan fingerprint density at radius 3 is 2.75 bits per heavy atom. The van der Waals surface area contributed by atoms with E-state index in [4.69, 9.17) is 4.74 Å². The van der Waals surface area contributed by atoms with Crippen LogP contribution in [0.3, 0.4) is 0 Å². The molecule has 0 radical (unpaired) electrons. The molecule has 2 aliphatic rings. The first-order valence-corrected chi connectivity index (χ1v) is 8.84. The summed E-state index contributed by atoms with van der Waals surface area (Å²) in [5.41, 5.74) is 0.898. The van der Waals surface area contributed by atoms with E-state index in [2.05, 4.69) is 11.9 Å². The lowest BCUT2D eigenvalue weighted by Crippen LogP contribution is -2.44. The fourth-order valence-electron chi connectivity index (χ4n) is 3.47. The van der Waals surface area contributed by atoms with Crippen LogP contribution in [0.25, 0.3) is 0 Å². The number of rotatable bonds is 3. The Labute approximate surface area is 142 Å². The highest BCUT2D eigenvalue weighted by Crippen LogP contribution is 2.21. The van der Waals surface area contributed by atoms with Gasteiger partial charge in [0.15, 0.2) is 0 Å². The number of carbonyl (C=O) groups excluding carboxylic acids is 2. The molecule has 1 atom stereocenters. The minimum atomic E-state index is -0.0572. The van der Waals surface area contributed by atoms with Crippen molar-refractivity contribution in [2.24, 2.45) is 0 Å². The minimum absolute atomic E-state index is 0.0552. The van der Waals surface area contributed by atoms with Crippen molar-refractivity contribution in [3.05, 3.63) is 29.6 Å². The molecule has 24 heavy (non-hydrogen) atoms. The molecule has 2 saturated heterocycles. The van der Waals surface area contributed by atoms with Gasteiger partial charge in [-0.15, -0.1) is 0 Å². The first-order chi connectivity index (χ1) is 11.7. The van der Waals surface area contributed by atoms with Crippen LogP contribution in [-0.2, 0) is 4.74 Å². The maximum Gasteiger partial charge on any atom is 0.272 e. The lowest BCUT2D eigenvalue weighted by Gasteiger charge is -2.35. The van der Waals surface area contributed by atoms with E-state index in [1.807, 2.05) is 4.90 Å². The van der Waals surface area contributed by atoms with E-state index in [0.717, 1.165) is 25.8 Å². The van der Waals surface area contributed by atoms with Gasteiger partial charge < -0.3 is 14.5 Å². The summed E-state index contributed by atoms with van der Waals surface area (Å²) < 4.78 is 5.28. The number of morpholine rings is 1. The van der Waals surface area contributed by atoms with Crippen LogP contribution in [0, 0.1) is 0 Å². The quantitative estimate of drug-likeness (QED) is 0.849. The van der Waals surface area contributed by atoms with Crippen LogP contribution >= 0.6 is 0 Å². The Hall–Kier alpha value is -1.95. The van der Waals surface area contributed by atoms with Crippen LogP contribution < -0.4 is 0 Å². The van der Waals surface area contributed by atoms with Crippen molar-refractivity contribution in [2.75, 3.05) is 32.8 Å². The smallest absolute Gasteiger partial charge is 0.272 e. The fraction of sp³-hybridized carbons (Fsp3) is 0.611. The van der Waals surface area contributed by atoms with E-state index >= 15 is 0 Å². The van der Waals surface area contributed by atoms with Gasteiger partial charge >= 0.3 is 0 Å². The monoisotopic (exact) mass is 331 g/mol. The maximum absolute atomic E-state index is 12.8. The van der Waals surface area contributed by atoms with Gasteiger partial charge in [-0.1, -0.05) is 6.92 Å². The zero-order chi connectivity index (χ0) is 16.9. The average Bonchev–Trinajstić information content (AvgIpc) is 2.67. The number of ether oxygens (including phenoxy) is 1. The summed E-state index contributed by atoms with van der Waals surface area (Å²) in [6.45, 7) is 5.20. The molecule has 6 nitrogen and oxygen atoms in total. The van der Waals surface area contributed by atoms with Crippen molar-refractivity contribution in [1.29, 1.82) is 0 Å². The molecule has 3 heterocycles. The van der Waals surface area contributed by atoms with Gasteiger partial charge in [0.05, 0.1) is 13.2 Å². The third-order valence-corrected chi connectivity index (χ3v) is 4.88. The highest BCUT2D eigenvalue weighted by molar-refractivity contribution is 5.98. The predicted octanol–water partition coefficient (Wildman–Crippen LogP) is 1.96. The zero-order valence-corrected chi connectivity index (χ0v) is 14.2. The number of pyridine rings is 1. The van der Waals surface area contributed by atoms with E-state index in [0.29, 0.717) is 37.6 Å². The molecule has 2 amide bonds. The second-order valence-electron chi connectivity index (χ2n) is 6.39. The molecule has 3 rings (SSSR count). The van der Waals surface area contributed by atoms with Gasteiger partial charge in [0.25, 0.3) is 11.8 Å². The highest BCUT2D eigenvalue weighted by atomic mass is 16.5. The van der Waals surface area contributed by atoms with Crippen molar-refractivity contribution < 1.29 is 14.3 Å². The Balaban J connectivity index is 1.76. The molecule has 2 aliphatic heterocycles. The van der Waals surface area contributed by atoms with Gasteiger partial charge in [-0.25, -0.2) is 0 Å². The second kappa shape index (κ2) is 7.75. The van der Waals surface area contributed by atoms with Crippen LogP contribution in [-0.4, -0.2) is 65.5 Å². The van der Waals surface area contributed by atoms with E-state index in [-0.39, 0.29) is 17.9 Å². The number of piperidine rings is 1. The van der Waals surface area contributed by atoms with Crippen LogP contribution in [0.5, 0.6) is 0 Å². The molecule has 2 fully saturated rings. The average molecular weight is 331 g/mol. The molecule has 0 bridgehead atoms. The van der Waals surface area contributed by atoms with Crippen molar-refractivity contribution in [2.45, 2.75) is 38.6 Å². The number of aromatic nitrogens is 1. The molecular formula is C18H25N3O3. The van der Waals surface area contributed by atoms with Gasteiger partial charge in [0.2, 0.25) is 0 Å². The molecule has 0 spiro atoms. The number of likely N-dealkylation sites (tertiary alicyclic amines) is 1. The first kappa shape index (κ1) is 16.9. The van der Waals surface area contributed by atoms with Crippen LogP contribution in [0.15, 0.2) is 18.3 Å². The topological polar surface area (TPSA) is 62.7 Å². The summed E-state index contributed by atoms with van der Waals surface area (Å²) >= 11 is 0. The summed E-state index contributed by atoms with van der Waals surface area (Å²) in [6.07, 6.45) is 5.78. The van der Waals surface area contributed by atoms with Gasteiger partial charge in [-0.05, 0) is 37.8 Å². The van der Waals surface area contributed by atoms with Crippen molar-refractivity contribution in [3.63, 3.8) is 0 Å². The molecular weight excluding hydrogens is 306 g/mol. The van der Waals surface area contributed by atoms with Gasteiger partial charge in [0.1, 0.15) is 5.69 Å². The molecule has 1 aromatic heterocycles. The minimum Gasteiger partial charge on any atom is -0.378 e. The number of nitrogens with zero attached hydrogens (tertiary/aromatic N) is 3. The van der Waals surface area contributed by atoms with Crippen LogP contribution in [0.4, 0.5) is 0 Å². The van der Waals surface area contributed by atoms with E-state index in [1.165, 1.54) is 6.42 Å².